The van der Waals surface area contributed by atoms with Crippen molar-refractivity contribution in [2.24, 2.45) is 0 Å². The van der Waals surface area contributed by atoms with Gasteiger partial charge < -0.3 is 8.83 Å². The summed E-state index contributed by atoms with van der Waals surface area (Å²) in [6.07, 6.45) is 0. The lowest BCUT2D eigenvalue weighted by atomic mass is 9.88. The number of aromatic nitrogens is 2. The van der Waals surface area contributed by atoms with Crippen molar-refractivity contribution < 1.29 is 8.83 Å². The third-order valence-electron chi connectivity index (χ3n) is 12.0. The third kappa shape index (κ3) is 5.26. The molecule has 0 N–H and O–H groups in total. The summed E-state index contributed by atoms with van der Waals surface area (Å²) in [7, 11) is 0. The van der Waals surface area contributed by atoms with Gasteiger partial charge in [0.2, 0.25) is 0 Å². The average Bonchev–Trinajstić information content (AvgIpc) is 3.98. The van der Waals surface area contributed by atoms with Crippen LogP contribution in [-0.4, -0.2) is 9.55 Å². The van der Waals surface area contributed by atoms with Gasteiger partial charge in [0.25, 0.3) is 0 Å². The molecule has 59 heavy (non-hydrogen) atoms. The summed E-state index contributed by atoms with van der Waals surface area (Å²) in [4.78, 5) is 5.52. The van der Waals surface area contributed by atoms with Crippen LogP contribution in [0.15, 0.2) is 160 Å². The zero-order valence-electron chi connectivity index (χ0n) is 33.2. The van der Waals surface area contributed by atoms with E-state index >= 15 is 0 Å². The van der Waals surface area contributed by atoms with E-state index < -0.39 is 0 Å². The number of benzene rings is 8. The summed E-state index contributed by atoms with van der Waals surface area (Å²) in [5.74, 6) is 1.26. The second-order valence-corrected chi connectivity index (χ2v) is 16.2. The maximum atomic E-state index is 10.2. The molecule has 3 heterocycles. The Morgan fingerprint density at radius 2 is 1.10 bits per heavy atom. The molecule has 3 aromatic heterocycles. The molecule has 0 bridgehead atoms. The average molecular weight is 762 g/mol. The van der Waals surface area contributed by atoms with Gasteiger partial charge in [0.15, 0.2) is 11.2 Å². The summed E-state index contributed by atoms with van der Waals surface area (Å²) in [6, 6.07) is 55.2. The fourth-order valence-electron chi connectivity index (χ4n) is 9.17. The molecule has 0 spiro atoms. The fraction of sp³-hybridized carbons (Fsp3) is 0.111. The Morgan fingerprint density at radius 3 is 1.78 bits per heavy atom. The van der Waals surface area contributed by atoms with Crippen LogP contribution in [0.2, 0.25) is 0 Å². The number of nitrogens with zero attached hydrogens (tertiary/aromatic N) is 3. The Hall–Kier alpha value is -7.42. The third-order valence-corrected chi connectivity index (χ3v) is 12.0. The van der Waals surface area contributed by atoms with E-state index in [4.69, 9.17) is 13.8 Å². The molecule has 0 unspecified atom stereocenters. The maximum Gasteiger partial charge on any atom is 0.178 e. The van der Waals surface area contributed by atoms with Crippen LogP contribution in [0, 0.1) is 11.3 Å². The van der Waals surface area contributed by atoms with Gasteiger partial charge in [0.1, 0.15) is 17.0 Å². The first-order valence-electron chi connectivity index (χ1n) is 20.3. The second-order valence-electron chi connectivity index (χ2n) is 16.2. The molecule has 8 aromatic carbocycles. The SMILES string of the molecule is CC(C)c1cc(-c2ccccc2)cc(C(C)C)c1-n1c(-c2cccc3c2oc2c3ccc3c4ccc(C#N)c(-c5ccccc5)c4oc32)nc2ccc3ccccc3c21. The Morgan fingerprint density at radius 1 is 0.525 bits per heavy atom. The van der Waals surface area contributed by atoms with Gasteiger partial charge in [-0.1, -0.05) is 131 Å². The van der Waals surface area contributed by atoms with Crippen molar-refractivity contribution in [3.05, 3.63) is 168 Å². The van der Waals surface area contributed by atoms with Crippen LogP contribution in [-0.2, 0) is 0 Å². The smallest absolute Gasteiger partial charge is 0.178 e. The highest BCUT2D eigenvalue weighted by molar-refractivity contribution is 6.22. The highest BCUT2D eigenvalue weighted by Gasteiger charge is 2.27. The van der Waals surface area contributed by atoms with Crippen LogP contribution in [0.1, 0.15) is 56.2 Å². The van der Waals surface area contributed by atoms with Crippen LogP contribution in [0.5, 0.6) is 0 Å². The molecule has 0 aliphatic carbocycles. The largest absolute Gasteiger partial charge is 0.451 e. The molecule has 11 rings (SSSR count). The van der Waals surface area contributed by atoms with E-state index in [-0.39, 0.29) is 11.8 Å². The van der Waals surface area contributed by atoms with Gasteiger partial charge in [0.05, 0.1) is 33.9 Å². The van der Waals surface area contributed by atoms with Crippen molar-refractivity contribution in [3.63, 3.8) is 0 Å². The van der Waals surface area contributed by atoms with Crippen molar-refractivity contribution in [3.8, 4) is 45.4 Å². The van der Waals surface area contributed by atoms with Crippen molar-refractivity contribution in [1.29, 1.82) is 5.26 Å². The van der Waals surface area contributed by atoms with Crippen molar-refractivity contribution in [1.82, 2.24) is 9.55 Å². The van der Waals surface area contributed by atoms with E-state index in [2.05, 4.69) is 148 Å². The minimum absolute atomic E-state index is 0.220. The van der Waals surface area contributed by atoms with Crippen molar-refractivity contribution >= 4 is 65.7 Å². The van der Waals surface area contributed by atoms with Crippen LogP contribution >= 0.6 is 0 Å². The first kappa shape index (κ1) is 34.8. The van der Waals surface area contributed by atoms with Gasteiger partial charge in [-0.15, -0.1) is 0 Å². The van der Waals surface area contributed by atoms with Crippen molar-refractivity contribution in [2.75, 3.05) is 0 Å². The Bertz CT molecular complexity index is 3480. The summed E-state index contributed by atoms with van der Waals surface area (Å²) in [5.41, 5.74) is 14.0. The molecule has 0 fully saturated rings. The number of hydrogen-bond acceptors (Lipinski definition) is 4. The summed E-state index contributed by atoms with van der Waals surface area (Å²) >= 11 is 0. The van der Waals surface area contributed by atoms with Crippen LogP contribution < -0.4 is 0 Å². The van der Waals surface area contributed by atoms with E-state index in [1.54, 1.807) is 0 Å². The lowest BCUT2D eigenvalue weighted by Gasteiger charge is -2.24. The molecule has 282 valence electrons. The minimum Gasteiger partial charge on any atom is -0.451 e. The monoisotopic (exact) mass is 761 g/mol. The summed E-state index contributed by atoms with van der Waals surface area (Å²) in [5, 5.41) is 16.3. The molecule has 0 saturated heterocycles. The molecule has 5 heteroatoms. The Kier molecular flexibility index (Phi) is 7.86. The van der Waals surface area contributed by atoms with Crippen LogP contribution in [0.25, 0.3) is 105 Å². The zero-order chi connectivity index (χ0) is 39.9. The standard InChI is InChI=1S/C54H39N3O2/c1-31(2)44-28-37(33-14-7-5-8-15-33)29-45(32(3)4)48(44)57-49-38-19-12-11-16-34(38)23-27-46(49)56-54(57)43-21-13-20-39-41-25-26-42-40-24-22-36(30-55)47(35-17-9-6-10-18-35)51(40)59-53(42)52(41)58-50(39)43/h5-29,31-32H,1-4H3. The number of fused-ring (bicyclic) bond motifs is 10. The number of hydrogen-bond donors (Lipinski definition) is 0. The highest BCUT2D eigenvalue weighted by Crippen LogP contribution is 2.46. The molecule has 0 aliphatic heterocycles. The fourth-order valence-corrected chi connectivity index (χ4v) is 9.17. The van der Waals surface area contributed by atoms with Gasteiger partial charge in [-0.3, -0.25) is 4.57 Å². The maximum absolute atomic E-state index is 10.2. The normalized spacial score (nSPS) is 12.0. The van der Waals surface area contributed by atoms with E-state index in [0.29, 0.717) is 22.3 Å². The van der Waals surface area contributed by atoms with E-state index in [9.17, 15) is 5.26 Å². The van der Waals surface area contributed by atoms with Crippen LogP contribution in [0.4, 0.5) is 0 Å². The summed E-state index contributed by atoms with van der Waals surface area (Å²) in [6.45, 7) is 9.15. The van der Waals surface area contributed by atoms with E-state index in [1.807, 2.05) is 42.5 Å². The van der Waals surface area contributed by atoms with Gasteiger partial charge in [-0.05, 0) is 93.6 Å². The lowest BCUT2D eigenvalue weighted by molar-refractivity contribution is 0.634. The van der Waals surface area contributed by atoms with Gasteiger partial charge in [0, 0.05) is 32.5 Å². The molecule has 0 saturated carbocycles. The first-order valence-corrected chi connectivity index (χ1v) is 20.3. The van der Waals surface area contributed by atoms with Crippen molar-refractivity contribution in [2.45, 2.75) is 39.5 Å². The number of furan rings is 2. The van der Waals surface area contributed by atoms with Gasteiger partial charge >= 0.3 is 0 Å². The molecule has 0 amide bonds. The van der Waals surface area contributed by atoms with E-state index in [1.165, 1.54) is 22.3 Å². The van der Waals surface area contributed by atoms with Gasteiger partial charge in [-0.2, -0.15) is 5.26 Å². The van der Waals surface area contributed by atoms with Crippen LogP contribution in [0.3, 0.4) is 0 Å². The molecular formula is C54H39N3O2. The molecule has 0 aliphatic rings. The lowest BCUT2D eigenvalue weighted by Crippen LogP contribution is -2.09. The minimum atomic E-state index is 0.220. The topological polar surface area (TPSA) is 67.9 Å². The predicted molar refractivity (Wildman–Crippen MR) is 242 cm³/mol. The Balaban J connectivity index is 1.24. The molecule has 0 atom stereocenters. The second kappa shape index (κ2) is 13.3. The summed E-state index contributed by atoms with van der Waals surface area (Å²) < 4.78 is 16.3. The zero-order valence-corrected chi connectivity index (χ0v) is 33.2. The van der Waals surface area contributed by atoms with Gasteiger partial charge in [-0.25, -0.2) is 4.98 Å². The molecule has 5 nitrogen and oxygen atoms in total. The predicted octanol–water partition coefficient (Wildman–Crippen LogP) is 15.1. The molecule has 0 radical (unpaired) electrons. The molecular weight excluding hydrogens is 723 g/mol. The number of para-hydroxylation sites is 1. The highest BCUT2D eigenvalue weighted by atomic mass is 16.4. The number of imidazole rings is 1. The Labute approximate surface area is 341 Å². The quantitative estimate of drug-likeness (QED) is 0.169. The number of rotatable bonds is 6. The first-order chi connectivity index (χ1) is 28.9. The van der Waals surface area contributed by atoms with E-state index in [0.717, 1.165) is 77.1 Å². The molecule has 11 aromatic rings. The number of nitriles is 1.